The highest BCUT2D eigenvalue weighted by Gasteiger charge is 2.16. The van der Waals surface area contributed by atoms with E-state index >= 15 is 0 Å². The Bertz CT molecular complexity index is 736. The molecule has 0 aliphatic rings. The molecule has 0 spiro atoms. The number of aryl methyl sites for hydroxylation is 1. The van der Waals surface area contributed by atoms with Gasteiger partial charge in [0.15, 0.2) is 5.65 Å². The first-order valence-corrected chi connectivity index (χ1v) is 5.40. The van der Waals surface area contributed by atoms with Gasteiger partial charge in [-0.1, -0.05) is 0 Å². The van der Waals surface area contributed by atoms with Crippen molar-refractivity contribution in [2.75, 3.05) is 12.1 Å². The standard InChI is InChI=1S/C12H11N3O4/c1-7-3-4-8-10(17)9(12(18)19)5-15(11(8)13-7)14(2)6-16/h3-6H,1-2H3,(H,18,19). The third-order valence-electron chi connectivity index (χ3n) is 2.69. The van der Waals surface area contributed by atoms with Gasteiger partial charge in [-0.05, 0) is 19.1 Å². The minimum absolute atomic E-state index is 0.152. The van der Waals surface area contributed by atoms with Gasteiger partial charge in [-0.2, -0.15) is 0 Å². The van der Waals surface area contributed by atoms with E-state index in [0.29, 0.717) is 12.1 Å². The van der Waals surface area contributed by atoms with E-state index in [4.69, 9.17) is 5.11 Å². The Morgan fingerprint density at radius 1 is 1.47 bits per heavy atom. The molecule has 2 aromatic heterocycles. The van der Waals surface area contributed by atoms with Gasteiger partial charge in [0, 0.05) is 18.9 Å². The maximum Gasteiger partial charge on any atom is 0.341 e. The second-order valence-electron chi connectivity index (χ2n) is 4.02. The molecule has 2 heterocycles. The molecule has 0 aliphatic heterocycles. The van der Waals surface area contributed by atoms with Crippen LogP contribution in [0, 0.1) is 6.92 Å². The number of nitrogens with zero attached hydrogens (tertiary/aromatic N) is 3. The largest absolute Gasteiger partial charge is 0.477 e. The molecule has 0 saturated carbocycles. The van der Waals surface area contributed by atoms with Crippen LogP contribution in [0.2, 0.25) is 0 Å². The number of carboxylic acid groups (broad SMARTS) is 1. The van der Waals surface area contributed by atoms with Gasteiger partial charge in [-0.25, -0.2) is 14.5 Å². The predicted molar refractivity (Wildman–Crippen MR) is 67.9 cm³/mol. The number of fused-ring (bicyclic) bond motifs is 1. The van der Waals surface area contributed by atoms with Crippen LogP contribution in [0.5, 0.6) is 0 Å². The van der Waals surface area contributed by atoms with Gasteiger partial charge in [-0.15, -0.1) is 0 Å². The molecule has 0 atom stereocenters. The third-order valence-corrected chi connectivity index (χ3v) is 2.69. The van der Waals surface area contributed by atoms with Crippen LogP contribution in [0.15, 0.2) is 23.1 Å². The van der Waals surface area contributed by atoms with Crippen molar-refractivity contribution in [3.63, 3.8) is 0 Å². The lowest BCUT2D eigenvalue weighted by Gasteiger charge is -2.17. The molecule has 2 aromatic rings. The second kappa shape index (κ2) is 4.52. The summed E-state index contributed by atoms with van der Waals surface area (Å²) in [7, 11) is 1.44. The number of carboxylic acids is 1. The van der Waals surface area contributed by atoms with Gasteiger partial charge in [-0.3, -0.25) is 14.6 Å². The van der Waals surface area contributed by atoms with Gasteiger partial charge in [0.25, 0.3) is 0 Å². The number of rotatable bonds is 3. The fourth-order valence-electron chi connectivity index (χ4n) is 1.73. The van der Waals surface area contributed by atoms with Crippen molar-refractivity contribution in [2.24, 2.45) is 0 Å². The molecule has 0 aromatic carbocycles. The number of carbonyl (C=O) groups is 2. The number of carbonyl (C=O) groups excluding carboxylic acids is 1. The van der Waals surface area contributed by atoms with Crippen LogP contribution in [-0.2, 0) is 4.79 Å². The lowest BCUT2D eigenvalue weighted by molar-refractivity contribution is -0.108. The second-order valence-corrected chi connectivity index (χ2v) is 4.02. The number of hydrogen-bond acceptors (Lipinski definition) is 4. The van der Waals surface area contributed by atoms with Crippen molar-refractivity contribution in [1.29, 1.82) is 0 Å². The molecule has 2 rings (SSSR count). The molecule has 0 fully saturated rings. The summed E-state index contributed by atoms with van der Waals surface area (Å²) in [5, 5.41) is 10.3. The van der Waals surface area contributed by atoms with Crippen LogP contribution in [0.25, 0.3) is 11.0 Å². The monoisotopic (exact) mass is 261 g/mol. The topological polar surface area (TPSA) is 92.5 Å². The molecule has 1 N–H and O–H groups in total. The summed E-state index contributed by atoms with van der Waals surface area (Å²) in [5.41, 5.74) is -0.134. The van der Waals surface area contributed by atoms with E-state index < -0.39 is 17.0 Å². The molecule has 98 valence electrons. The fraction of sp³-hybridized carbons (Fsp3) is 0.167. The summed E-state index contributed by atoms with van der Waals surface area (Å²) < 4.78 is 1.24. The summed E-state index contributed by atoms with van der Waals surface area (Å²) in [6.45, 7) is 1.74. The first-order chi connectivity index (χ1) is 8.95. The van der Waals surface area contributed by atoms with Crippen LogP contribution in [-0.4, -0.2) is 34.2 Å². The predicted octanol–water partition coefficient (Wildman–Crippen LogP) is 0.127. The zero-order chi connectivity index (χ0) is 14.2. The van der Waals surface area contributed by atoms with Gasteiger partial charge in [0.1, 0.15) is 5.56 Å². The molecular weight excluding hydrogens is 250 g/mol. The molecule has 7 nitrogen and oxygen atoms in total. The van der Waals surface area contributed by atoms with E-state index in [9.17, 15) is 14.4 Å². The molecule has 7 heteroatoms. The quantitative estimate of drug-likeness (QED) is 0.792. The Hall–Kier alpha value is -2.70. The molecule has 0 radical (unpaired) electrons. The van der Waals surface area contributed by atoms with Crippen molar-refractivity contribution in [2.45, 2.75) is 6.92 Å². The maximum absolute atomic E-state index is 12.0. The minimum atomic E-state index is -1.35. The SMILES string of the molecule is Cc1ccc2c(=O)c(C(=O)O)cn(N(C)C=O)c2n1. The lowest BCUT2D eigenvalue weighted by Crippen LogP contribution is -2.32. The molecule has 0 unspecified atom stereocenters. The number of aromatic nitrogens is 2. The van der Waals surface area contributed by atoms with Crippen LogP contribution in [0.3, 0.4) is 0 Å². The van der Waals surface area contributed by atoms with Gasteiger partial charge in [0.05, 0.1) is 5.39 Å². The Kier molecular flexibility index (Phi) is 3.04. The van der Waals surface area contributed by atoms with E-state index in [2.05, 4.69) is 4.98 Å². The number of amides is 1. The Morgan fingerprint density at radius 3 is 2.74 bits per heavy atom. The normalized spacial score (nSPS) is 10.4. The molecular formula is C12H11N3O4. The zero-order valence-electron chi connectivity index (χ0n) is 10.3. The van der Waals surface area contributed by atoms with Crippen LogP contribution in [0.1, 0.15) is 16.1 Å². The summed E-state index contributed by atoms with van der Waals surface area (Å²) in [6.07, 6.45) is 1.59. The van der Waals surface area contributed by atoms with E-state index in [-0.39, 0.29) is 11.0 Å². The summed E-state index contributed by atoms with van der Waals surface area (Å²) in [6, 6.07) is 3.11. The Labute approximate surface area is 107 Å². The minimum Gasteiger partial charge on any atom is -0.477 e. The van der Waals surface area contributed by atoms with Gasteiger partial charge in [0.2, 0.25) is 11.8 Å². The summed E-state index contributed by atoms with van der Waals surface area (Å²) >= 11 is 0. The van der Waals surface area contributed by atoms with Crippen molar-refractivity contribution in [1.82, 2.24) is 9.66 Å². The third kappa shape index (κ3) is 2.05. The van der Waals surface area contributed by atoms with Crippen LogP contribution >= 0.6 is 0 Å². The van der Waals surface area contributed by atoms with Crippen molar-refractivity contribution >= 4 is 23.4 Å². The van der Waals surface area contributed by atoms with Crippen molar-refractivity contribution in [3.05, 3.63) is 39.8 Å². The Morgan fingerprint density at radius 2 is 2.16 bits per heavy atom. The van der Waals surface area contributed by atoms with Gasteiger partial charge >= 0.3 is 5.97 Å². The molecule has 0 aliphatic carbocycles. The first kappa shape index (κ1) is 12.7. The molecule has 0 bridgehead atoms. The Balaban J connectivity index is 2.96. The average molecular weight is 261 g/mol. The summed E-state index contributed by atoms with van der Waals surface area (Å²) in [5.74, 6) is -1.35. The van der Waals surface area contributed by atoms with E-state index in [1.54, 1.807) is 13.0 Å². The number of pyridine rings is 2. The number of aromatic carboxylic acids is 1. The maximum atomic E-state index is 12.0. The highest BCUT2D eigenvalue weighted by Crippen LogP contribution is 2.10. The van der Waals surface area contributed by atoms with Crippen molar-refractivity contribution in [3.8, 4) is 0 Å². The van der Waals surface area contributed by atoms with E-state index in [1.165, 1.54) is 17.8 Å². The van der Waals surface area contributed by atoms with E-state index in [1.807, 2.05) is 0 Å². The lowest BCUT2D eigenvalue weighted by atomic mass is 10.2. The van der Waals surface area contributed by atoms with E-state index in [0.717, 1.165) is 11.2 Å². The van der Waals surface area contributed by atoms with Crippen LogP contribution in [0.4, 0.5) is 0 Å². The molecule has 19 heavy (non-hydrogen) atoms. The molecule has 0 saturated heterocycles. The van der Waals surface area contributed by atoms with Gasteiger partial charge < -0.3 is 5.11 Å². The fourth-order valence-corrected chi connectivity index (χ4v) is 1.73. The average Bonchev–Trinajstić information content (AvgIpc) is 2.37. The summed E-state index contributed by atoms with van der Waals surface area (Å²) in [4.78, 5) is 38.1. The highest BCUT2D eigenvalue weighted by atomic mass is 16.4. The highest BCUT2D eigenvalue weighted by molar-refractivity contribution is 5.92. The zero-order valence-corrected chi connectivity index (χ0v) is 10.3. The number of hydrogen-bond donors (Lipinski definition) is 1. The van der Waals surface area contributed by atoms with Crippen molar-refractivity contribution < 1.29 is 14.7 Å². The molecule has 1 amide bonds. The smallest absolute Gasteiger partial charge is 0.341 e. The van der Waals surface area contributed by atoms with Crippen LogP contribution < -0.4 is 10.4 Å². The first-order valence-electron chi connectivity index (χ1n) is 5.40.